The van der Waals surface area contributed by atoms with Gasteiger partial charge in [0.15, 0.2) is 0 Å². The first-order valence-corrected chi connectivity index (χ1v) is 6.06. The van der Waals surface area contributed by atoms with E-state index in [0.29, 0.717) is 0 Å². The lowest BCUT2D eigenvalue weighted by Gasteiger charge is -2.09. The van der Waals surface area contributed by atoms with Gasteiger partial charge >= 0.3 is 0 Å². The number of hydrogen-bond acceptors (Lipinski definition) is 3. The summed E-state index contributed by atoms with van der Waals surface area (Å²) in [4.78, 5) is -0.726. The van der Waals surface area contributed by atoms with Gasteiger partial charge < -0.3 is 5.73 Å². The van der Waals surface area contributed by atoms with Crippen LogP contribution in [-0.2, 0) is 10.0 Å². The molecule has 4 nitrogen and oxygen atoms in total. The minimum Gasteiger partial charge on any atom is -0.399 e. The number of aryl methyl sites for hydroxylation is 1. The number of nitrogen functional groups attached to an aromatic ring is 1. The molecule has 1 rings (SSSR count). The number of nitrogens with two attached hydrogens (primary N) is 1. The Labute approximate surface area is 96.7 Å². The molecule has 96 valence electrons. The number of sulfonamides is 1. The number of alkyl halides is 2. The molecule has 0 saturated carbocycles. The van der Waals surface area contributed by atoms with Crippen molar-refractivity contribution in [3.63, 3.8) is 0 Å². The lowest BCUT2D eigenvalue weighted by molar-refractivity contribution is 0.153. The van der Waals surface area contributed by atoms with E-state index >= 15 is 0 Å². The van der Waals surface area contributed by atoms with E-state index < -0.39 is 33.7 Å². The fraction of sp³-hybridized carbons (Fsp3) is 0.333. The van der Waals surface area contributed by atoms with Crippen molar-refractivity contribution in [3.8, 4) is 0 Å². The number of benzene rings is 1. The van der Waals surface area contributed by atoms with Crippen molar-refractivity contribution in [3.05, 3.63) is 23.5 Å². The maximum atomic E-state index is 13.5. The summed E-state index contributed by atoms with van der Waals surface area (Å²) in [5, 5.41) is 0. The summed E-state index contributed by atoms with van der Waals surface area (Å²) < 4.78 is 62.0. The van der Waals surface area contributed by atoms with E-state index in [-0.39, 0.29) is 11.3 Å². The molecule has 0 saturated heterocycles. The smallest absolute Gasteiger partial charge is 0.251 e. The third kappa shape index (κ3) is 3.34. The Bertz CT molecular complexity index is 517. The van der Waals surface area contributed by atoms with Crippen LogP contribution in [0.25, 0.3) is 0 Å². The molecule has 17 heavy (non-hydrogen) atoms. The molecule has 0 heterocycles. The fourth-order valence-corrected chi connectivity index (χ4v) is 2.40. The highest BCUT2D eigenvalue weighted by Gasteiger charge is 2.22. The second-order valence-corrected chi connectivity index (χ2v) is 5.13. The van der Waals surface area contributed by atoms with Crippen LogP contribution in [0.4, 0.5) is 18.9 Å². The average Bonchev–Trinajstić information content (AvgIpc) is 2.20. The third-order valence-electron chi connectivity index (χ3n) is 1.96. The standard InChI is InChI=1S/C9H11F3N2O2S/c1-5-2-6(13)3-7(9(5)12)17(15,16)14-4-8(10)11/h2-3,8,14H,4,13H2,1H3. The van der Waals surface area contributed by atoms with E-state index in [9.17, 15) is 21.6 Å². The van der Waals surface area contributed by atoms with Crippen molar-refractivity contribution >= 4 is 15.7 Å². The molecular formula is C9H11F3N2O2S. The van der Waals surface area contributed by atoms with Gasteiger partial charge in [-0.15, -0.1) is 0 Å². The van der Waals surface area contributed by atoms with Crippen molar-refractivity contribution < 1.29 is 21.6 Å². The quantitative estimate of drug-likeness (QED) is 0.807. The summed E-state index contributed by atoms with van der Waals surface area (Å²) in [6.07, 6.45) is -2.85. The van der Waals surface area contributed by atoms with Gasteiger partial charge in [0.25, 0.3) is 6.43 Å². The average molecular weight is 268 g/mol. The Kier molecular flexibility index (Phi) is 3.99. The first kappa shape index (κ1) is 13.8. The zero-order valence-electron chi connectivity index (χ0n) is 8.88. The lowest BCUT2D eigenvalue weighted by atomic mass is 10.2. The molecule has 0 aliphatic rings. The molecule has 0 unspecified atom stereocenters. The maximum absolute atomic E-state index is 13.5. The molecule has 0 bridgehead atoms. The van der Waals surface area contributed by atoms with Gasteiger partial charge in [-0.05, 0) is 24.6 Å². The van der Waals surface area contributed by atoms with Crippen LogP contribution in [0, 0.1) is 12.7 Å². The Hall–Kier alpha value is -1.28. The Morgan fingerprint density at radius 2 is 2.00 bits per heavy atom. The van der Waals surface area contributed by atoms with Gasteiger partial charge in [0.05, 0.1) is 6.54 Å². The minimum atomic E-state index is -4.32. The highest BCUT2D eigenvalue weighted by molar-refractivity contribution is 7.89. The van der Waals surface area contributed by atoms with Crippen LogP contribution in [0.15, 0.2) is 17.0 Å². The topological polar surface area (TPSA) is 72.2 Å². The normalized spacial score (nSPS) is 12.1. The van der Waals surface area contributed by atoms with Crippen LogP contribution >= 0.6 is 0 Å². The van der Waals surface area contributed by atoms with Crippen molar-refractivity contribution in [2.75, 3.05) is 12.3 Å². The van der Waals surface area contributed by atoms with Gasteiger partial charge in [0.1, 0.15) is 10.7 Å². The number of hydrogen-bond donors (Lipinski definition) is 2. The molecule has 8 heteroatoms. The molecule has 0 amide bonds. The Morgan fingerprint density at radius 1 is 1.41 bits per heavy atom. The summed E-state index contributed by atoms with van der Waals surface area (Å²) in [5.74, 6) is -0.999. The molecule has 0 spiro atoms. The first-order chi connectivity index (χ1) is 7.74. The third-order valence-corrected chi connectivity index (χ3v) is 3.38. The molecule has 0 aliphatic heterocycles. The van der Waals surface area contributed by atoms with E-state index in [0.717, 1.165) is 6.07 Å². The second-order valence-electron chi connectivity index (χ2n) is 3.39. The molecule has 0 fully saturated rings. The molecule has 0 aliphatic carbocycles. The van der Waals surface area contributed by atoms with E-state index in [2.05, 4.69) is 0 Å². The van der Waals surface area contributed by atoms with Crippen LogP contribution in [-0.4, -0.2) is 21.4 Å². The molecule has 0 atom stereocenters. The molecular weight excluding hydrogens is 257 g/mol. The van der Waals surface area contributed by atoms with Crippen molar-refractivity contribution in [1.29, 1.82) is 0 Å². The van der Waals surface area contributed by atoms with Gasteiger partial charge in [-0.2, -0.15) is 0 Å². The van der Waals surface area contributed by atoms with Gasteiger partial charge in [0, 0.05) is 5.69 Å². The zero-order valence-corrected chi connectivity index (χ0v) is 9.69. The zero-order chi connectivity index (χ0) is 13.2. The van der Waals surface area contributed by atoms with E-state index in [1.165, 1.54) is 13.0 Å². The summed E-state index contributed by atoms with van der Waals surface area (Å²) in [5.41, 5.74) is 5.45. The highest BCUT2D eigenvalue weighted by atomic mass is 32.2. The van der Waals surface area contributed by atoms with Crippen LogP contribution in [0.1, 0.15) is 5.56 Å². The first-order valence-electron chi connectivity index (χ1n) is 4.57. The molecule has 1 aromatic carbocycles. The monoisotopic (exact) mass is 268 g/mol. The van der Waals surface area contributed by atoms with E-state index in [1.807, 2.05) is 0 Å². The Morgan fingerprint density at radius 3 is 2.53 bits per heavy atom. The number of rotatable bonds is 4. The molecule has 0 radical (unpaired) electrons. The summed E-state index contributed by atoms with van der Waals surface area (Å²) >= 11 is 0. The van der Waals surface area contributed by atoms with E-state index in [4.69, 9.17) is 5.73 Å². The van der Waals surface area contributed by atoms with E-state index in [1.54, 1.807) is 4.72 Å². The van der Waals surface area contributed by atoms with Crippen LogP contribution in [0.3, 0.4) is 0 Å². The van der Waals surface area contributed by atoms with Crippen molar-refractivity contribution in [1.82, 2.24) is 4.72 Å². The fourth-order valence-electron chi connectivity index (χ4n) is 1.21. The van der Waals surface area contributed by atoms with Crippen LogP contribution in [0.5, 0.6) is 0 Å². The van der Waals surface area contributed by atoms with Gasteiger partial charge in [-0.1, -0.05) is 0 Å². The van der Waals surface area contributed by atoms with Gasteiger partial charge in [0.2, 0.25) is 10.0 Å². The van der Waals surface area contributed by atoms with Crippen LogP contribution < -0.4 is 10.5 Å². The summed E-state index contributed by atoms with van der Waals surface area (Å²) in [7, 11) is -4.32. The lowest BCUT2D eigenvalue weighted by Crippen LogP contribution is -2.29. The van der Waals surface area contributed by atoms with Crippen molar-refractivity contribution in [2.45, 2.75) is 18.2 Å². The number of anilines is 1. The second kappa shape index (κ2) is 4.92. The van der Waals surface area contributed by atoms with Gasteiger partial charge in [-0.25, -0.2) is 26.3 Å². The van der Waals surface area contributed by atoms with Crippen LogP contribution in [0.2, 0.25) is 0 Å². The predicted octanol–water partition coefficient (Wildman–Crippen LogP) is 1.26. The van der Waals surface area contributed by atoms with Gasteiger partial charge in [-0.3, -0.25) is 0 Å². The summed E-state index contributed by atoms with van der Waals surface area (Å²) in [6, 6.07) is 2.14. The highest BCUT2D eigenvalue weighted by Crippen LogP contribution is 2.21. The minimum absolute atomic E-state index is 0.0300. The summed E-state index contributed by atoms with van der Waals surface area (Å²) in [6.45, 7) is 0.257. The molecule has 3 N–H and O–H groups in total. The number of nitrogens with one attached hydrogen (secondary N) is 1. The Balaban J connectivity index is 3.15. The van der Waals surface area contributed by atoms with Crippen molar-refractivity contribution in [2.24, 2.45) is 0 Å². The predicted molar refractivity (Wildman–Crippen MR) is 56.7 cm³/mol. The maximum Gasteiger partial charge on any atom is 0.251 e. The SMILES string of the molecule is Cc1cc(N)cc(S(=O)(=O)NCC(F)F)c1F. The largest absolute Gasteiger partial charge is 0.399 e. The molecule has 1 aromatic rings. The number of halogens is 3. The molecule has 0 aromatic heterocycles.